The number of benzene rings is 2. The molecular weight excluding hydrogens is 381 g/mol. The van der Waals surface area contributed by atoms with Crippen LogP contribution in [0.1, 0.15) is 27.4 Å². The normalized spacial score (nSPS) is 11.7. The third kappa shape index (κ3) is 3.40. The zero-order valence-electron chi connectivity index (χ0n) is 15.1. The van der Waals surface area contributed by atoms with E-state index < -0.39 is 0 Å². The number of hydrogen-bond acceptors (Lipinski definition) is 3. The van der Waals surface area contributed by atoms with Gasteiger partial charge in [0.2, 0.25) is 0 Å². The van der Waals surface area contributed by atoms with Crippen LogP contribution in [-0.4, -0.2) is 14.8 Å². The van der Waals surface area contributed by atoms with Crippen LogP contribution in [-0.2, 0) is 0 Å². The fourth-order valence-electron chi connectivity index (χ4n) is 2.88. The van der Waals surface area contributed by atoms with E-state index in [1.165, 1.54) is 28.0 Å². The second kappa shape index (κ2) is 6.91. The van der Waals surface area contributed by atoms with E-state index in [0.717, 1.165) is 27.5 Å². The second-order valence-electron chi connectivity index (χ2n) is 6.47. The molecule has 0 aliphatic rings. The summed E-state index contributed by atoms with van der Waals surface area (Å²) in [5, 5.41) is 5.89. The maximum absolute atomic E-state index is 13.2. The quantitative estimate of drug-likeness (QED) is 0.402. The molecule has 4 rings (SSSR count). The zero-order valence-corrected chi connectivity index (χ0v) is 16.7. The lowest BCUT2D eigenvalue weighted by Gasteiger charge is -2.02. The molecule has 2 heterocycles. The summed E-state index contributed by atoms with van der Waals surface area (Å²) < 4.78 is 15.9. The van der Waals surface area contributed by atoms with Crippen molar-refractivity contribution in [2.24, 2.45) is 0 Å². The molecule has 4 aromatic rings. The number of aryl methyl sites for hydroxylation is 3. The van der Waals surface area contributed by atoms with Crippen molar-refractivity contribution in [3.05, 3.63) is 74.8 Å². The molecular formula is C21H17ClFN3S. The lowest BCUT2D eigenvalue weighted by molar-refractivity contribution is 0.627. The molecule has 0 N–H and O–H groups in total. The Balaban J connectivity index is 1.69. The molecule has 2 aromatic carbocycles. The van der Waals surface area contributed by atoms with Gasteiger partial charge in [0.25, 0.3) is 0 Å². The summed E-state index contributed by atoms with van der Waals surface area (Å²) in [6.45, 7) is 6.10. The highest BCUT2D eigenvalue weighted by Crippen LogP contribution is 2.29. The van der Waals surface area contributed by atoms with Gasteiger partial charge in [-0.2, -0.15) is 5.10 Å². The van der Waals surface area contributed by atoms with Crippen molar-refractivity contribution in [2.45, 2.75) is 20.8 Å². The Hall–Kier alpha value is -2.50. The van der Waals surface area contributed by atoms with Crippen molar-refractivity contribution in [1.29, 1.82) is 0 Å². The smallest absolute Gasteiger partial charge is 0.140 e. The van der Waals surface area contributed by atoms with Gasteiger partial charge in [-0.3, -0.25) is 0 Å². The molecule has 0 amide bonds. The summed E-state index contributed by atoms with van der Waals surface area (Å²) in [4.78, 5) is 4.68. The van der Waals surface area contributed by atoms with Gasteiger partial charge >= 0.3 is 0 Å². The van der Waals surface area contributed by atoms with Gasteiger partial charge in [0.15, 0.2) is 0 Å². The van der Waals surface area contributed by atoms with Gasteiger partial charge in [0, 0.05) is 5.56 Å². The number of halogens is 2. The molecule has 0 saturated carbocycles. The molecule has 27 heavy (non-hydrogen) atoms. The van der Waals surface area contributed by atoms with Gasteiger partial charge in [-0.05, 0) is 80.4 Å². The number of aromatic nitrogens is 3. The SMILES string of the molecule is Cc1cc2nc(C=Cc3c(C)nn(-c4ccc(F)cc4)c3Cl)sc2cc1C. The van der Waals surface area contributed by atoms with E-state index in [1.54, 1.807) is 28.2 Å². The Morgan fingerprint density at radius 1 is 1.04 bits per heavy atom. The molecule has 0 radical (unpaired) electrons. The van der Waals surface area contributed by atoms with Gasteiger partial charge in [-0.1, -0.05) is 11.6 Å². The summed E-state index contributed by atoms with van der Waals surface area (Å²) in [6.07, 6.45) is 3.89. The van der Waals surface area contributed by atoms with Crippen molar-refractivity contribution in [3.63, 3.8) is 0 Å². The second-order valence-corrected chi connectivity index (χ2v) is 7.89. The molecule has 0 bridgehead atoms. The van der Waals surface area contributed by atoms with Crippen LogP contribution in [0.15, 0.2) is 36.4 Å². The van der Waals surface area contributed by atoms with Crippen LogP contribution < -0.4 is 0 Å². The molecule has 0 saturated heterocycles. The molecule has 2 aromatic heterocycles. The maximum Gasteiger partial charge on any atom is 0.140 e. The van der Waals surface area contributed by atoms with E-state index in [0.29, 0.717) is 5.15 Å². The number of nitrogens with zero attached hydrogens (tertiary/aromatic N) is 3. The summed E-state index contributed by atoms with van der Waals surface area (Å²) in [5.41, 5.74) is 5.85. The standard InChI is InChI=1S/C21H17ClFN3S/c1-12-10-18-19(11-13(12)2)27-20(24-18)9-8-17-14(3)25-26(21(17)22)16-6-4-15(23)5-7-16/h4-11H,1-3H3. The molecule has 0 aliphatic heterocycles. The minimum atomic E-state index is -0.292. The highest BCUT2D eigenvalue weighted by Gasteiger charge is 2.13. The van der Waals surface area contributed by atoms with Gasteiger partial charge in [-0.15, -0.1) is 11.3 Å². The van der Waals surface area contributed by atoms with Crippen molar-refractivity contribution < 1.29 is 4.39 Å². The van der Waals surface area contributed by atoms with Crippen LogP contribution in [0.25, 0.3) is 28.1 Å². The number of fused-ring (bicyclic) bond motifs is 1. The molecule has 0 fully saturated rings. The monoisotopic (exact) mass is 397 g/mol. The first-order valence-corrected chi connectivity index (χ1v) is 9.69. The number of hydrogen-bond donors (Lipinski definition) is 0. The van der Waals surface area contributed by atoms with Gasteiger partial charge in [-0.25, -0.2) is 14.1 Å². The molecule has 0 aliphatic carbocycles. The summed E-state index contributed by atoms with van der Waals surface area (Å²) in [6, 6.07) is 10.4. The molecule has 0 atom stereocenters. The summed E-state index contributed by atoms with van der Waals surface area (Å²) in [7, 11) is 0. The molecule has 0 spiro atoms. The lowest BCUT2D eigenvalue weighted by Crippen LogP contribution is -1.96. The van der Waals surface area contributed by atoms with Crippen molar-refractivity contribution >= 4 is 45.3 Å². The van der Waals surface area contributed by atoms with E-state index in [-0.39, 0.29) is 5.82 Å². The van der Waals surface area contributed by atoms with Crippen LogP contribution in [0, 0.1) is 26.6 Å². The molecule has 3 nitrogen and oxygen atoms in total. The van der Waals surface area contributed by atoms with Crippen LogP contribution in [0.5, 0.6) is 0 Å². The highest BCUT2D eigenvalue weighted by atomic mass is 35.5. The Morgan fingerprint density at radius 2 is 1.74 bits per heavy atom. The minimum absolute atomic E-state index is 0.292. The van der Waals surface area contributed by atoms with Crippen molar-refractivity contribution in [3.8, 4) is 5.69 Å². The number of thiazole rings is 1. The lowest BCUT2D eigenvalue weighted by atomic mass is 10.1. The van der Waals surface area contributed by atoms with Crippen LogP contribution in [0.4, 0.5) is 4.39 Å². The number of rotatable bonds is 3. The third-order valence-electron chi connectivity index (χ3n) is 4.53. The zero-order chi connectivity index (χ0) is 19.1. The Labute approximate surface area is 165 Å². The van der Waals surface area contributed by atoms with Crippen LogP contribution >= 0.6 is 22.9 Å². The fraction of sp³-hybridized carbons (Fsp3) is 0.143. The fourth-order valence-corrected chi connectivity index (χ4v) is 4.16. The average Bonchev–Trinajstić information content (AvgIpc) is 3.14. The Morgan fingerprint density at radius 3 is 2.48 bits per heavy atom. The van der Waals surface area contributed by atoms with Crippen molar-refractivity contribution in [1.82, 2.24) is 14.8 Å². The van der Waals surface area contributed by atoms with E-state index in [4.69, 9.17) is 11.6 Å². The summed E-state index contributed by atoms with van der Waals surface area (Å²) in [5.74, 6) is -0.292. The molecule has 136 valence electrons. The van der Waals surface area contributed by atoms with Crippen LogP contribution in [0.2, 0.25) is 5.15 Å². The van der Waals surface area contributed by atoms with Gasteiger partial charge in [0.1, 0.15) is 16.0 Å². The average molecular weight is 398 g/mol. The van der Waals surface area contributed by atoms with E-state index in [9.17, 15) is 4.39 Å². The minimum Gasteiger partial charge on any atom is -0.237 e. The summed E-state index contributed by atoms with van der Waals surface area (Å²) >= 11 is 8.17. The Bertz CT molecular complexity index is 1130. The van der Waals surface area contributed by atoms with E-state index >= 15 is 0 Å². The maximum atomic E-state index is 13.2. The predicted octanol–water partition coefficient (Wildman–Crippen LogP) is 6.37. The topological polar surface area (TPSA) is 30.7 Å². The van der Waals surface area contributed by atoms with E-state index in [1.807, 2.05) is 19.1 Å². The van der Waals surface area contributed by atoms with Gasteiger partial charge in [0.05, 0.1) is 21.6 Å². The largest absolute Gasteiger partial charge is 0.237 e. The van der Waals surface area contributed by atoms with Crippen LogP contribution in [0.3, 0.4) is 0 Å². The third-order valence-corrected chi connectivity index (χ3v) is 5.88. The first-order chi connectivity index (χ1) is 12.9. The first-order valence-electron chi connectivity index (χ1n) is 8.49. The Kier molecular flexibility index (Phi) is 4.58. The van der Waals surface area contributed by atoms with Crippen molar-refractivity contribution in [2.75, 3.05) is 0 Å². The van der Waals surface area contributed by atoms with Gasteiger partial charge < -0.3 is 0 Å². The van der Waals surface area contributed by atoms with E-state index in [2.05, 4.69) is 36.1 Å². The molecule has 0 unspecified atom stereocenters. The molecule has 6 heteroatoms. The highest BCUT2D eigenvalue weighted by molar-refractivity contribution is 7.19. The first kappa shape index (κ1) is 17.9. The predicted molar refractivity (Wildman–Crippen MR) is 111 cm³/mol.